The first kappa shape index (κ1) is 28.2. The molecule has 10 rings (SSSR count). The van der Waals surface area contributed by atoms with Crippen molar-refractivity contribution in [3.8, 4) is 56.4 Å². The lowest BCUT2D eigenvalue weighted by Gasteiger charge is -2.36. The minimum atomic E-state index is 0.110. The number of benzene rings is 6. The third kappa shape index (κ3) is 4.48. The molecular formula is C45H33N3O. The quantitative estimate of drug-likeness (QED) is 0.194. The van der Waals surface area contributed by atoms with E-state index in [4.69, 9.17) is 19.4 Å². The van der Waals surface area contributed by atoms with Gasteiger partial charge in [0.2, 0.25) is 0 Å². The highest BCUT2D eigenvalue weighted by molar-refractivity contribution is 6.10. The van der Waals surface area contributed by atoms with Crippen molar-refractivity contribution in [2.45, 2.75) is 37.5 Å². The van der Waals surface area contributed by atoms with Gasteiger partial charge in [0.15, 0.2) is 17.5 Å². The molecule has 2 aliphatic carbocycles. The SMILES string of the molecule is c1ccc(-c2nc(-c3ccccc3)nc(-c3ccc4oc5c(-c6ccc7c(c6)C6(CCCCC6)c6ccccc6-7)cccc5c4c3)n2)cc1. The lowest BCUT2D eigenvalue weighted by Crippen LogP contribution is -2.28. The Morgan fingerprint density at radius 1 is 0.429 bits per heavy atom. The van der Waals surface area contributed by atoms with Gasteiger partial charge in [-0.2, -0.15) is 0 Å². The van der Waals surface area contributed by atoms with Crippen LogP contribution >= 0.6 is 0 Å². The molecule has 4 nitrogen and oxygen atoms in total. The summed E-state index contributed by atoms with van der Waals surface area (Å²) in [7, 11) is 0. The molecule has 4 heteroatoms. The number of hydrogen-bond acceptors (Lipinski definition) is 4. The molecule has 1 saturated carbocycles. The van der Waals surface area contributed by atoms with Crippen LogP contribution in [0, 0.1) is 0 Å². The number of fused-ring (bicyclic) bond motifs is 8. The second-order valence-electron chi connectivity index (χ2n) is 13.5. The van der Waals surface area contributed by atoms with E-state index in [1.165, 1.54) is 59.9 Å². The normalized spacial score (nSPS) is 14.7. The zero-order valence-electron chi connectivity index (χ0n) is 27.1. The summed E-state index contributed by atoms with van der Waals surface area (Å²) in [4.78, 5) is 14.8. The first-order chi connectivity index (χ1) is 24.2. The summed E-state index contributed by atoms with van der Waals surface area (Å²) in [6.07, 6.45) is 6.31. The van der Waals surface area contributed by atoms with E-state index in [2.05, 4.69) is 78.9 Å². The van der Waals surface area contributed by atoms with E-state index < -0.39 is 0 Å². The summed E-state index contributed by atoms with van der Waals surface area (Å²) < 4.78 is 6.68. The van der Waals surface area contributed by atoms with Crippen LogP contribution < -0.4 is 0 Å². The summed E-state index contributed by atoms with van der Waals surface area (Å²) >= 11 is 0. The highest BCUT2D eigenvalue weighted by atomic mass is 16.3. The van der Waals surface area contributed by atoms with Crippen molar-refractivity contribution >= 4 is 21.9 Å². The molecule has 0 aliphatic heterocycles. The standard InChI is InChI=1S/C45H33N3O/c1-4-13-29(14-5-1)42-46-43(30-15-6-2-7-16-30)48-44(47-42)32-22-24-40-37(27-32)36-19-12-18-33(41(36)49-40)31-21-23-35-34-17-8-9-20-38(34)45(39(35)28-31)25-10-3-11-26-45/h1-2,4-9,12-24,27-28H,3,10-11,25-26H2. The fourth-order valence-corrected chi connectivity index (χ4v) is 8.42. The van der Waals surface area contributed by atoms with E-state index in [1.807, 2.05) is 60.7 Å². The fraction of sp³-hybridized carbons (Fsp3) is 0.133. The molecule has 0 unspecified atom stereocenters. The van der Waals surface area contributed by atoms with Crippen LogP contribution in [-0.2, 0) is 5.41 Å². The molecular weight excluding hydrogens is 599 g/mol. The molecule has 1 spiro atoms. The summed E-state index contributed by atoms with van der Waals surface area (Å²) in [5.41, 5.74) is 12.8. The van der Waals surface area contributed by atoms with Crippen LogP contribution in [0.15, 0.2) is 144 Å². The number of aromatic nitrogens is 3. The molecule has 234 valence electrons. The number of hydrogen-bond donors (Lipinski definition) is 0. The molecule has 0 radical (unpaired) electrons. The van der Waals surface area contributed by atoms with Crippen LogP contribution in [-0.4, -0.2) is 15.0 Å². The number of rotatable bonds is 4. The van der Waals surface area contributed by atoms with E-state index in [0.29, 0.717) is 17.5 Å². The average Bonchev–Trinajstić information content (AvgIpc) is 3.68. The van der Waals surface area contributed by atoms with E-state index in [1.54, 1.807) is 0 Å². The van der Waals surface area contributed by atoms with Crippen molar-refractivity contribution in [3.63, 3.8) is 0 Å². The molecule has 49 heavy (non-hydrogen) atoms. The van der Waals surface area contributed by atoms with Gasteiger partial charge in [0.1, 0.15) is 11.2 Å². The van der Waals surface area contributed by atoms with Gasteiger partial charge in [0, 0.05) is 38.4 Å². The monoisotopic (exact) mass is 631 g/mol. The summed E-state index contributed by atoms with van der Waals surface area (Å²) in [6.45, 7) is 0. The molecule has 0 saturated heterocycles. The van der Waals surface area contributed by atoms with Crippen molar-refractivity contribution in [2.75, 3.05) is 0 Å². The summed E-state index contributed by atoms with van der Waals surface area (Å²) in [5, 5.41) is 2.14. The Morgan fingerprint density at radius 2 is 1.04 bits per heavy atom. The molecule has 0 atom stereocenters. The van der Waals surface area contributed by atoms with Crippen LogP contribution in [0.25, 0.3) is 78.4 Å². The predicted octanol–water partition coefficient (Wildman–Crippen LogP) is 11.7. The second-order valence-corrected chi connectivity index (χ2v) is 13.5. The predicted molar refractivity (Wildman–Crippen MR) is 198 cm³/mol. The van der Waals surface area contributed by atoms with Gasteiger partial charge in [-0.05, 0) is 64.9 Å². The van der Waals surface area contributed by atoms with Crippen molar-refractivity contribution in [1.82, 2.24) is 15.0 Å². The second kappa shape index (κ2) is 11.1. The van der Waals surface area contributed by atoms with Gasteiger partial charge >= 0.3 is 0 Å². The smallest absolute Gasteiger partial charge is 0.164 e. The molecule has 0 bridgehead atoms. The Kier molecular flexibility index (Phi) is 6.38. The summed E-state index contributed by atoms with van der Waals surface area (Å²) in [6, 6.07) is 49.2. The van der Waals surface area contributed by atoms with Crippen LogP contribution in [0.4, 0.5) is 0 Å². The highest BCUT2D eigenvalue weighted by Crippen LogP contribution is 2.56. The molecule has 1 fully saturated rings. The molecule has 2 aromatic heterocycles. The van der Waals surface area contributed by atoms with Crippen LogP contribution in [0.2, 0.25) is 0 Å². The van der Waals surface area contributed by atoms with Gasteiger partial charge < -0.3 is 4.42 Å². The van der Waals surface area contributed by atoms with Gasteiger partial charge in [-0.25, -0.2) is 15.0 Å². The minimum absolute atomic E-state index is 0.110. The fourth-order valence-electron chi connectivity index (χ4n) is 8.42. The zero-order chi connectivity index (χ0) is 32.4. The Balaban J connectivity index is 1.11. The number of nitrogens with zero attached hydrogens (tertiary/aromatic N) is 3. The van der Waals surface area contributed by atoms with Gasteiger partial charge in [0.05, 0.1) is 0 Å². The van der Waals surface area contributed by atoms with E-state index in [-0.39, 0.29) is 5.41 Å². The highest BCUT2D eigenvalue weighted by Gasteiger charge is 2.43. The molecule has 8 aromatic rings. The zero-order valence-corrected chi connectivity index (χ0v) is 27.1. The largest absolute Gasteiger partial charge is 0.455 e. The molecule has 2 heterocycles. The van der Waals surface area contributed by atoms with Crippen LogP contribution in [0.1, 0.15) is 43.2 Å². The minimum Gasteiger partial charge on any atom is -0.455 e. The Labute approximate surface area is 285 Å². The number of furan rings is 1. The number of para-hydroxylation sites is 1. The molecule has 0 N–H and O–H groups in total. The Bertz CT molecular complexity index is 2470. The first-order valence-electron chi connectivity index (χ1n) is 17.3. The molecule has 6 aromatic carbocycles. The maximum Gasteiger partial charge on any atom is 0.164 e. The van der Waals surface area contributed by atoms with Gasteiger partial charge in [0.25, 0.3) is 0 Å². The van der Waals surface area contributed by atoms with E-state index in [9.17, 15) is 0 Å². The average molecular weight is 632 g/mol. The van der Waals surface area contributed by atoms with Crippen LogP contribution in [0.5, 0.6) is 0 Å². The van der Waals surface area contributed by atoms with Crippen molar-refractivity contribution in [3.05, 3.63) is 151 Å². The third-order valence-corrected chi connectivity index (χ3v) is 10.7. The molecule has 2 aliphatic rings. The van der Waals surface area contributed by atoms with E-state index in [0.717, 1.165) is 44.2 Å². The van der Waals surface area contributed by atoms with Crippen LogP contribution in [0.3, 0.4) is 0 Å². The van der Waals surface area contributed by atoms with Crippen molar-refractivity contribution in [2.24, 2.45) is 0 Å². The maximum absolute atomic E-state index is 6.68. The Morgan fingerprint density at radius 3 is 1.78 bits per heavy atom. The third-order valence-electron chi connectivity index (χ3n) is 10.7. The van der Waals surface area contributed by atoms with Crippen molar-refractivity contribution < 1.29 is 4.42 Å². The summed E-state index contributed by atoms with van der Waals surface area (Å²) in [5.74, 6) is 1.94. The topological polar surface area (TPSA) is 51.8 Å². The van der Waals surface area contributed by atoms with Gasteiger partial charge in [-0.15, -0.1) is 0 Å². The van der Waals surface area contributed by atoms with Crippen molar-refractivity contribution in [1.29, 1.82) is 0 Å². The van der Waals surface area contributed by atoms with E-state index >= 15 is 0 Å². The Hall–Kier alpha value is -5.87. The van der Waals surface area contributed by atoms with Gasteiger partial charge in [-0.1, -0.05) is 135 Å². The maximum atomic E-state index is 6.68. The first-order valence-corrected chi connectivity index (χ1v) is 17.3. The lowest BCUT2D eigenvalue weighted by molar-refractivity contribution is 0.353. The lowest BCUT2D eigenvalue weighted by atomic mass is 9.67. The molecule has 0 amide bonds. The van der Waals surface area contributed by atoms with Gasteiger partial charge in [-0.3, -0.25) is 0 Å².